The molecule has 2 N–H and O–H groups in total. The van der Waals surface area contributed by atoms with Gasteiger partial charge in [0.05, 0.1) is 6.54 Å². The van der Waals surface area contributed by atoms with Crippen LogP contribution in [0.1, 0.15) is 32.1 Å². The van der Waals surface area contributed by atoms with Gasteiger partial charge >= 0.3 is 0 Å². The Morgan fingerprint density at radius 3 is 2.33 bits per heavy atom. The van der Waals surface area contributed by atoms with Crippen molar-refractivity contribution in [1.82, 2.24) is 0 Å². The molecular weight excluding hydrogens is 258 g/mol. The summed E-state index contributed by atoms with van der Waals surface area (Å²) in [5.74, 6) is 0.849. The lowest BCUT2D eigenvalue weighted by atomic mass is 9.86. The van der Waals surface area contributed by atoms with Crippen LogP contribution < -0.4 is 5.73 Å². The quantitative estimate of drug-likeness (QED) is 0.728. The fourth-order valence-corrected chi connectivity index (χ4v) is 2.68. The van der Waals surface area contributed by atoms with Gasteiger partial charge in [-0.25, -0.2) is 0 Å². The summed E-state index contributed by atoms with van der Waals surface area (Å²) in [6.07, 6.45) is 0. The van der Waals surface area contributed by atoms with Gasteiger partial charge in [-0.05, 0) is 28.7 Å². The molecule has 2 nitrogen and oxygen atoms in total. The third-order valence-electron chi connectivity index (χ3n) is 3.87. The number of hydrogen-bond donors (Lipinski definition) is 1. The Balaban J connectivity index is 2.30. The average molecular weight is 279 g/mol. The van der Waals surface area contributed by atoms with Crippen molar-refractivity contribution in [3.63, 3.8) is 0 Å². The maximum Gasteiger partial charge on any atom is 0.135 e. The Kier molecular flexibility index (Phi) is 3.34. The summed E-state index contributed by atoms with van der Waals surface area (Å²) in [7, 11) is 0. The molecule has 2 heteroatoms. The maximum atomic E-state index is 5.95. The minimum absolute atomic E-state index is 0.113. The van der Waals surface area contributed by atoms with Crippen molar-refractivity contribution in [3.05, 3.63) is 59.9 Å². The van der Waals surface area contributed by atoms with Crippen LogP contribution in [-0.4, -0.2) is 0 Å². The number of furan rings is 1. The summed E-state index contributed by atoms with van der Waals surface area (Å²) < 4.78 is 5.95. The first kappa shape index (κ1) is 13.9. The fourth-order valence-electron chi connectivity index (χ4n) is 2.68. The van der Waals surface area contributed by atoms with E-state index in [2.05, 4.69) is 51.1 Å². The Labute approximate surface area is 125 Å². The molecule has 0 unspecified atom stereocenters. The minimum atomic E-state index is 0.113. The number of hydrogen-bond acceptors (Lipinski definition) is 2. The lowest BCUT2D eigenvalue weighted by Crippen LogP contribution is -2.10. The predicted molar refractivity (Wildman–Crippen MR) is 88.2 cm³/mol. The monoisotopic (exact) mass is 279 g/mol. The topological polar surface area (TPSA) is 39.2 Å². The van der Waals surface area contributed by atoms with Crippen LogP contribution in [0.3, 0.4) is 0 Å². The third kappa shape index (κ3) is 2.47. The van der Waals surface area contributed by atoms with Gasteiger partial charge in [0, 0.05) is 10.9 Å². The number of fused-ring (bicyclic) bond motifs is 1. The second-order valence-corrected chi connectivity index (χ2v) is 6.43. The molecule has 0 fully saturated rings. The molecule has 3 rings (SSSR count). The summed E-state index contributed by atoms with van der Waals surface area (Å²) in [6.45, 7) is 7.07. The van der Waals surface area contributed by atoms with E-state index in [1.165, 1.54) is 5.56 Å². The van der Waals surface area contributed by atoms with Crippen LogP contribution in [0.4, 0.5) is 0 Å². The van der Waals surface area contributed by atoms with Crippen molar-refractivity contribution in [1.29, 1.82) is 0 Å². The summed E-state index contributed by atoms with van der Waals surface area (Å²) in [4.78, 5) is 0. The third-order valence-corrected chi connectivity index (χ3v) is 3.87. The lowest BCUT2D eigenvalue weighted by molar-refractivity contribution is 0.553. The van der Waals surface area contributed by atoms with Gasteiger partial charge in [-0.1, -0.05) is 57.2 Å². The van der Waals surface area contributed by atoms with E-state index in [1.54, 1.807) is 0 Å². The van der Waals surface area contributed by atoms with Crippen LogP contribution in [0.25, 0.3) is 22.1 Å². The Morgan fingerprint density at radius 2 is 1.71 bits per heavy atom. The molecule has 2 aromatic carbocycles. The van der Waals surface area contributed by atoms with Crippen molar-refractivity contribution in [2.45, 2.75) is 32.7 Å². The van der Waals surface area contributed by atoms with Crippen LogP contribution in [0.5, 0.6) is 0 Å². The van der Waals surface area contributed by atoms with E-state index in [0.717, 1.165) is 27.9 Å². The molecule has 0 aliphatic heterocycles. The first-order valence-electron chi connectivity index (χ1n) is 7.32. The van der Waals surface area contributed by atoms with Gasteiger partial charge in [0.15, 0.2) is 0 Å². The lowest BCUT2D eigenvalue weighted by Gasteiger charge is -2.18. The number of nitrogens with two attached hydrogens (primary N) is 1. The second-order valence-electron chi connectivity index (χ2n) is 6.43. The molecule has 0 saturated heterocycles. The molecular formula is C19H21NO. The van der Waals surface area contributed by atoms with Gasteiger partial charge in [-0.3, -0.25) is 0 Å². The van der Waals surface area contributed by atoms with Crippen molar-refractivity contribution >= 4 is 11.0 Å². The van der Waals surface area contributed by atoms with Gasteiger partial charge in [0.25, 0.3) is 0 Å². The second kappa shape index (κ2) is 5.05. The molecule has 0 aliphatic rings. The smallest absolute Gasteiger partial charge is 0.135 e. The molecule has 1 aromatic heterocycles. The largest absolute Gasteiger partial charge is 0.459 e. The molecule has 0 saturated carbocycles. The van der Waals surface area contributed by atoms with Crippen LogP contribution >= 0.6 is 0 Å². The zero-order valence-electron chi connectivity index (χ0n) is 12.8. The van der Waals surface area contributed by atoms with E-state index >= 15 is 0 Å². The summed E-state index contributed by atoms with van der Waals surface area (Å²) in [5.41, 5.74) is 10.5. The van der Waals surface area contributed by atoms with E-state index in [4.69, 9.17) is 10.2 Å². The Hall–Kier alpha value is -2.06. The average Bonchev–Trinajstić information content (AvgIpc) is 2.84. The van der Waals surface area contributed by atoms with E-state index in [-0.39, 0.29) is 5.41 Å². The summed E-state index contributed by atoms with van der Waals surface area (Å²) in [5, 5.41) is 1.15. The van der Waals surface area contributed by atoms with Crippen molar-refractivity contribution in [2.24, 2.45) is 5.73 Å². The maximum absolute atomic E-state index is 5.95. The van der Waals surface area contributed by atoms with E-state index in [9.17, 15) is 0 Å². The molecule has 3 aromatic rings. The van der Waals surface area contributed by atoms with Gasteiger partial charge in [0.2, 0.25) is 0 Å². The highest BCUT2D eigenvalue weighted by Gasteiger charge is 2.19. The summed E-state index contributed by atoms with van der Waals surface area (Å²) >= 11 is 0. The normalized spacial score (nSPS) is 12.0. The molecule has 0 aliphatic carbocycles. The highest BCUT2D eigenvalue weighted by atomic mass is 16.3. The molecule has 0 spiro atoms. The molecule has 0 amide bonds. The molecule has 108 valence electrons. The highest BCUT2D eigenvalue weighted by Crippen LogP contribution is 2.37. The van der Waals surface area contributed by atoms with Crippen molar-refractivity contribution < 1.29 is 4.42 Å². The van der Waals surface area contributed by atoms with Crippen molar-refractivity contribution in [2.75, 3.05) is 0 Å². The van der Waals surface area contributed by atoms with Crippen LogP contribution in [0.15, 0.2) is 52.9 Å². The fraction of sp³-hybridized carbons (Fsp3) is 0.263. The van der Waals surface area contributed by atoms with Crippen LogP contribution in [0, 0.1) is 0 Å². The molecule has 0 radical (unpaired) electrons. The molecule has 0 atom stereocenters. The van der Waals surface area contributed by atoms with Gasteiger partial charge in [-0.2, -0.15) is 0 Å². The molecule has 1 heterocycles. The van der Waals surface area contributed by atoms with Gasteiger partial charge in [-0.15, -0.1) is 0 Å². The summed E-state index contributed by atoms with van der Waals surface area (Å²) in [6, 6.07) is 16.8. The zero-order chi connectivity index (χ0) is 15.0. The minimum Gasteiger partial charge on any atom is -0.459 e. The standard InChI is InChI=1S/C19H21NO/c1-19(2,3)14-9-10-16-15(11-14)18(17(12-20)21-16)13-7-5-4-6-8-13/h4-11H,12,20H2,1-3H3. The van der Waals surface area contributed by atoms with Crippen molar-refractivity contribution in [3.8, 4) is 11.1 Å². The van der Waals surface area contributed by atoms with E-state index in [1.807, 2.05) is 18.2 Å². The Bertz CT molecular complexity index is 763. The van der Waals surface area contributed by atoms with E-state index in [0.29, 0.717) is 6.54 Å². The zero-order valence-corrected chi connectivity index (χ0v) is 12.8. The van der Waals surface area contributed by atoms with Crippen LogP contribution in [0.2, 0.25) is 0 Å². The first-order chi connectivity index (χ1) is 10.0. The SMILES string of the molecule is CC(C)(C)c1ccc2oc(CN)c(-c3ccccc3)c2c1. The first-order valence-corrected chi connectivity index (χ1v) is 7.32. The predicted octanol–water partition coefficient (Wildman–Crippen LogP) is 4.86. The molecule has 0 bridgehead atoms. The van der Waals surface area contributed by atoms with Crippen LogP contribution in [-0.2, 0) is 12.0 Å². The van der Waals surface area contributed by atoms with Gasteiger partial charge in [0.1, 0.15) is 11.3 Å². The highest BCUT2D eigenvalue weighted by molar-refractivity contribution is 5.96. The number of benzene rings is 2. The van der Waals surface area contributed by atoms with Gasteiger partial charge < -0.3 is 10.2 Å². The number of rotatable bonds is 2. The van der Waals surface area contributed by atoms with E-state index < -0.39 is 0 Å². The Morgan fingerprint density at radius 1 is 1.00 bits per heavy atom. The molecule has 21 heavy (non-hydrogen) atoms.